The van der Waals surface area contributed by atoms with Gasteiger partial charge in [0.1, 0.15) is 0 Å². The van der Waals surface area contributed by atoms with Gasteiger partial charge in [0.05, 0.1) is 12.0 Å². The van der Waals surface area contributed by atoms with Gasteiger partial charge in [-0.2, -0.15) is 5.26 Å². The first-order valence-corrected chi connectivity index (χ1v) is 4.33. The SMILES string of the molecule is C=CNCCN1CCC(C#N)C1. The summed E-state index contributed by atoms with van der Waals surface area (Å²) >= 11 is 0. The maximum Gasteiger partial charge on any atom is 0.0669 e. The van der Waals surface area contributed by atoms with Crippen LogP contribution in [0.25, 0.3) is 0 Å². The zero-order valence-corrected chi connectivity index (χ0v) is 7.29. The lowest BCUT2D eigenvalue weighted by molar-refractivity contribution is 0.336. The topological polar surface area (TPSA) is 39.1 Å². The Balaban J connectivity index is 2.11. The van der Waals surface area contributed by atoms with Crippen LogP contribution in [-0.2, 0) is 0 Å². The van der Waals surface area contributed by atoms with E-state index in [0.717, 1.165) is 32.6 Å². The van der Waals surface area contributed by atoms with E-state index in [4.69, 9.17) is 5.26 Å². The molecule has 0 saturated carbocycles. The summed E-state index contributed by atoms with van der Waals surface area (Å²) in [6.45, 7) is 7.53. The Morgan fingerprint density at radius 1 is 1.75 bits per heavy atom. The lowest BCUT2D eigenvalue weighted by Crippen LogP contribution is -2.28. The number of hydrogen-bond donors (Lipinski definition) is 1. The van der Waals surface area contributed by atoms with E-state index in [1.165, 1.54) is 0 Å². The highest BCUT2D eigenvalue weighted by Crippen LogP contribution is 2.13. The van der Waals surface area contributed by atoms with Gasteiger partial charge in [-0.05, 0) is 19.2 Å². The molecule has 1 heterocycles. The standard InChI is InChI=1S/C9H15N3/c1-2-11-4-6-12-5-3-9(7-10)8-12/h2,9,11H,1,3-6,8H2. The van der Waals surface area contributed by atoms with E-state index in [1.54, 1.807) is 6.20 Å². The molecule has 1 aliphatic rings. The van der Waals surface area contributed by atoms with Crippen LogP contribution >= 0.6 is 0 Å². The number of nitrogens with one attached hydrogen (secondary N) is 1. The van der Waals surface area contributed by atoms with Crippen molar-refractivity contribution in [3.05, 3.63) is 12.8 Å². The molecule has 0 aromatic carbocycles. The van der Waals surface area contributed by atoms with Crippen molar-refractivity contribution in [1.82, 2.24) is 10.2 Å². The van der Waals surface area contributed by atoms with Gasteiger partial charge < -0.3 is 10.2 Å². The smallest absolute Gasteiger partial charge is 0.0669 e. The minimum absolute atomic E-state index is 0.258. The van der Waals surface area contributed by atoms with Gasteiger partial charge in [-0.15, -0.1) is 0 Å². The Kier molecular flexibility index (Phi) is 3.62. The third-order valence-electron chi connectivity index (χ3n) is 2.17. The second-order valence-electron chi connectivity index (χ2n) is 3.07. The highest BCUT2D eigenvalue weighted by atomic mass is 15.2. The van der Waals surface area contributed by atoms with Crippen LogP contribution in [0.2, 0.25) is 0 Å². The van der Waals surface area contributed by atoms with Gasteiger partial charge >= 0.3 is 0 Å². The summed E-state index contributed by atoms with van der Waals surface area (Å²) < 4.78 is 0. The molecule has 3 heteroatoms. The maximum atomic E-state index is 8.65. The molecule has 1 unspecified atom stereocenters. The molecule has 0 amide bonds. The molecule has 1 rings (SSSR count). The lowest BCUT2D eigenvalue weighted by Gasteiger charge is -2.13. The Hall–Kier alpha value is -1.01. The number of likely N-dealkylation sites (tertiary alicyclic amines) is 1. The van der Waals surface area contributed by atoms with Crippen molar-refractivity contribution < 1.29 is 0 Å². The van der Waals surface area contributed by atoms with E-state index in [1.807, 2.05) is 0 Å². The van der Waals surface area contributed by atoms with Crippen LogP contribution in [0.4, 0.5) is 0 Å². The van der Waals surface area contributed by atoms with Crippen LogP contribution in [0.1, 0.15) is 6.42 Å². The highest BCUT2D eigenvalue weighted by molar-refractivity contribution is 4.90. The van der Waals surface area contributed by atoms with Crippen molar-refractivity contribution >= 4 is 0 Å². The molecular formula is C9H15N3. The van der Waals surface area contributed by atoms with Gasteiger partial charge in [0, 0.05) is 19.6 Å². The molecule has 66 valence electrons. The average molecular weight is 165 g/mol. The number of nitriles is 1. The van der Waals surface area contributed by atoms with Gasteiger partial charge in [-0.1, -0.05) is 6.58 Å². The van der Waals surface area contributed by atoms with E-state index in [9.17, 15) is 0 Å². The van der Waals surface area contributed by atoms with Crippen molar-refractivity contribution in [2.24, 2.45) is 5.92 Å². The van der Waals surface area contributed by atoms with Crippen LogP contribution in [0.5, 0.6) is 0 Å². The van der Waals surface area contributed by atoms with Crippen molar-refractivity contribution in [1.29, 1.82) is 5.26 Å². The summed E-state index contributed by atoms with van der Waals surface area (Å²) in [7, 11) is 0. The normalized spacial score (nSPS) is 23.4. The summed E-state index contributed by atoms with van der Waals surface area (Å²) in [5.74, 6) is 0.258. The third kappa shape index (κ3) is 2.55. The van der Waals surface area contributed by atoms with E-state index in [2.05, 4.69) is 22.9 Å². The fraction of sp³-hybridized carbons (Fsp3) is 0.667. The summed E-state index contributed by atoms with van der Waals surface area (Å²) in [6.07, 6.45) is 2.74. The zero-order valence-electron chi connectivity index (χ0n) is 7.29. The maximum absolute atomic E-state index is 8.65. The van der Waals surface area contributed by atoms with Crippen LogP contribution < -0.4 is 5.32 Å². The molecule has 1 N–H and O–H groups in total. The van der Waals surface area contributed by atoms with Crippen LogP contribution in [0, 0.1) is 17.2 Å². The molecule has 1 fully saturated rings. The molecule has 1 aliphatic heterocycles. The second-order valence-corrected chi connectivity index (χ2v) is 3.07. The van der Waals surface area contributed by atoms with Gasteiger partial charge in [-0.3, -0.25) is 0 Å². The van der Waals surface area contributed by atoms with Crippen molar-refractivity contribution in [2.75, 3.05) is 26.2 Å². The summed E-state index contributed by atoms with van der Waals surface area (Å²) in [6, 6.07) is 2.30. The summed E-state index contributed by atoms with van der Waals surface area (Å²) in [5.41, 5.74) is 0. The van der Waals surface area contributed by atoms with Crippen molar-refractivity contribution in [3.8, 4) is 6.07 Å². The Bertz CT molecular complexity index is 183. The molecule has 12 heavy (non-hydrogen) atoms. The zero-order chi connectivity index (χ0) is 8.81. The molecule has 1 atom stereocenters. The number of rotatable bonds is 4. The summed E-state index contributed by atoms with van der Waals surface area (Å²) in [5, 5.41) is 11.7. The first kappa shape index (κ1) is 9.08. The van der Waals surface area contributed by atoms with Crippen LogP contribution in [0.3, 0.4) is 0 Å². The molecule has 0 radical (unpaired) electrons. The fourth-order valence-electron chi connectivity index (χ4n) is 1.47. The predicted molar refractivity (Wildman–Crippen MR) is 48.4 cm³/mol. The Morgan fingerprint density at radius 3 is 3.17 bits per heavy atom. The fourth-order valence-corrected chi connectivity index (χ4v) is 1.47. The molecule has 0 bridgehead atoms. The first-order valence-electron chi connectivity index (χ1n) is 4.33. The number of nitrogens with zero attached hydrogens (tertiary/aromatic N) is 2. The third-order valence-corrected chi connectivity index (χ3v) is 2.17. The molecular weight excluding hydrogens is 150 g/mol. The van der Waals surface area contributed by atoms with Gasteiger partial charge in [0.15, 0.2) is 0 Å². The van der Waals surface area contributed by atoms with Gasteiger partial charge in [0.2, 0.25) is 0 Å². The quantitative estimate of drug-likeness (QED) is 0.619. The molecule has 0 spiro atoms. The first-order chi connectivity index (χ1) is 5.86. The van der Waals surface area contributed by atoms with Crippen molar-refractivity contribution in [3.63, 3.8) is 0 Å². The van der Waals surface area contributed by atoms with Crippen molar-refractivity contribution in [2.45, 2.75) is 6.42 Å². The highest BCUT2D eigenvalue weighted by Gasteiger charge is 2.20. The molecule has 0 aromatic heterocycles. The Labute approximate surface area is 73.7 Å². The van der Waals surface area contributed by atoms with Crippen LogP contribution in [-0.4, -0.2) is 31.1 Å². The average Bonchev–Trinajstić information content (AvgIpc) is 2.53. The van der Waals surface area contributed by atoms with E-state index in [-0.39, 0.29) is 5.92 Å². The van der Waals surface area contributed by atoms with Gasteiger partial charge in [-0.25, -0.2) is 0 Å². The monoisotopic (exact) mass is 165 g/mol. The minimum atomic E-state index is 0.258. The van der Waals surface area contributed by atoms with E-state index in [0.29, 0.717) is 0 Å². The van der Waals surface area contributed by atoms with E-state index < -0.39 is 0 Å². The Morgan fingerprint density at radius 2 is 2.58 bits per heavy atom. The molecule has 1 saturated heterocycles. The molecule has 0 aliphatic carbocycles. The lowest BCUT2D eigenvalue weighted by atomic mass is 10.1. The predicted octanol–water partition coefficient (Wildman–Crippen LogP) is 0.565. The molecule has 0 aromatic rings. The number of hydrogen-bond acceptors (Lipinski definition) is 3. The summed E-state index contributed by atoms with van der Waals surface area (Å²) in [4.78, 5) is 2.31. The van der Waals surface area contributed by atoms with Crippen LogP contribution in [0.15, 0.2) is 12.8 Å². The van der Waals surface area contributed by atoms with Gasteiger partial charge in [0.25, 0.3) is 0 Å². The largest absolute Gasteiger partial charge is 0.390 e. The second kappa shape index (κ2) is 4.78. The minimum Gasteiger partial charge on any atom is -0.390 e. The molecule has 3 nitrogen and oxygen atoms in total. The van der Waals surface area contributed by atoms with E-state index >= 15 is 0 Å².